The monoisotopic (exact) mass is 416 g/mol. The minimum Gasteiger partial charge on any atom is -0.352 e. The van der Waals surface area contributed by atoms with Crippen LogP contribution in [0.2, 0.25) is 0 Å². The number of likely N-dealkylation sites (tertiary alicyclic amines) is 1. The molecule has 1 unspecified atom stereocenters. The van der Waals surface area contributed by atoms with Gasteiger partial charge in [0.15, 0.2) is 0 Å². The van der Waals surface area contributed by atoms with Gasteiger partial charge in [-0.2, -0.15) is 0 Å². The van der Waals surface area contributed by atoms with Crippen LogP contribution < -0.4 is 5.32 Å². The zero-order chi connectivity index (χ0) is 21.6. The van der Waals surface area contributed by atoms with E-state index >= 15 is 0 Å². The van der Waals surface area contributed by atoms with Gasteiger partial charge in [-0.25, -0.2) is 4.98 Å². The lowest BCUT2D eigenvalue weighted by Gasteiger charge is -2.32. The molecule has 2 aromatic carbocycles. The zero-order valence-electron chi connectivity index (χ0n) is 18.6. The molecule has 0 saturated carbocycles. The molecule has 1 aliphatic heterocycles. The van der Waals surface area contributed by atoms with Crippen molar-refractivity contribution < 1.29 is 4.79 Å². The number of amides is 1. The minimum absolute atomic E-state index is 0.0651. The Hall–Kier alpha value is -2.92. The van der Waals surface area contributed by atoms with Crippen molar-refractivity contribution in [3.05, 3.63) is 89.0 Å². The molecular weight excluding hydrogens is 384 g/mol. The summed E-state index contributed by atoms with van der Waals surface area (Å²) in [6, 6.07) is 17.1. The summed E-state index contributed by atoms with van der Waals surface area (Å²) >= 11 is 0. The highest BCUT2D eigenvalue weighted by Crippen LogP contribution is 2.19. The van der Waals surface area contributed by atoms with Crippen molar-refractivity contribution in [3.8, 4) is 0 Å². The lowest BCUT2D eigenvalue weighted by molar-refractivity contribution is -0.126. The van der Waals surface area contributed by atoms with Crippen LogP contribution in [0.15, 0.2) is 60.9 Å². The molecule has 1 amide bonds. The average Bonchev–Trinajstić information content (AvgIpc) is 3.17. The third kappa shape index (κ3) is 5.82. The summed E-state index contributed by atoms with van der Waals surface area (Å²) in [6.45, 7) is 8.32. The highest BCUT2D eigenvalue weighted by Gasteiger charge is 2.25. The Morgan fingerprint density at radius 3 is 2.61 bits per heavy atom. The molecule has 4 rings (SSSR count). The van der Waals surface area contributed by atoms with Gasteiger partial charge in [0.2, 0.25) is 5.91 Å². The smallest absolute Gasteiger partial charge is 0.224 e. The Morgan fingerprint density at radius 2 is 1.84 bits per heavy atom. The summed E-state index contributed by atoms with van der Waals surface area (Å²) < 4.78 is 2.13. The SMILES string of the molecule is Cc1cccc(CN2CCCC(C(=O)NCc3cccc(Cn4ccnc4C)c3)C2)c1. The first-order valence-electron chi connectivity index (χ1n) is 11.2. The van der Waals surface area contributed by atoms with Gasteiger partial charge >= 0.3 is 0 Å². The number of carbonyl (C=O) groups excluding carboxylic acids is 1. The Bertz CT molecular complexity index is 1030. The first-order chi connectivity index (χ1) is 15.1. The fourth-order valence-corrected chi connectivity index (χ4v) is 4.42. The van der Waals surface area contributed by atoms with E-state index in [9.17, 15) is 4.79 Å². The van der Waals surface area contributed by atoms with E-state index in [1.807, 2.05) is 19.3 Å². The van der Waals surface area contributed by atoms with E-state index in [0.29, 0.717) is 6.54 Å². The Labute approximate surface area is 185 Å². The molecule has 0 radical (unpaired) electrons. The second kappa shape index (κ2) is 9.92. The van der Waals surface area contributed by atoms with Crippen LogP contribution in [0.5, 0.6) is 0 Å². The topological polar surface area (TPSA) is 50.2 Å². The van der Waals surface area contributed by atoms with Gasteiger partial charge in [0.1, 0.15) is 5.82 Å². The van der Waals surface area contributed by atoms with Gasteiger partial charge in [-0.05, 0) is 49.9 Å². The number of carbonyl (C=O) groups is 1. The van der Waals surface area contributed by atoms with Crippen LogP contribution in [0.4, 0.5) is 0 Å². The van der Waals surface area contributed by atoms with Crippen molar-refractivity contribution >= 4 is 5.91 Å². The van der Waals surface area contributed by atoms with Gasteiger partial charge in [0.05, 0.1) is 5.92 Å². The summed E-state index contributed by atoms with van der Waals surface area (Å²) in [4.78, 5) is 19.6. The van der Waals surface area contributed by atoms with Crippen molar-refractivity contribution in [2.75, 3.05) is 13.1 Å². The lowest BCUT2D eigenvalue weighted by atomic mass is 9.96. The summed E-state index contributed by atoms with van der Waals surface area (Å²) in [7, 11) is 0. The molecule has 0 bridgehead atoms. The molecule has 31 heavy (non-hydrogen) atoms. The standard InChI is InChI=1S/C26H32N4O/c1-20-6-3-8-23(14-20)17-29-12-5-10-25(19-29)26(31)28-16-22-7-4-9-24(15-22)18-30-13-11-27-21(30)2/h3-4,6-9,11,13-15,25H,5,10,12,16-19H2,1-2H3,(H,28,31). The zero-order valence-corrected chi connectivity index (χ0v) is 18.6. The third-order valence-electron chi connectivity index (χ3n) is 6.10. The van der Waals surface area contributed by atoms with Gasteiger partial charge < -0.3 is 9.88 Å². The number of aryl methyl sites for hydroxylation is 2. The molecule has 0 spiro atoms. The van der Waals surface area contributed by atoms with Crippen molar-refractivity contribution in [2.24, 2.45) is 5.92 Å². The first-order valence-corrected chi connectivity index (χ1v) is 11.2. The van der Waals surface area contributed by atoms with Crippen LogP contribution in [0.3, 0.4) is 0 Å². The van der Waals surface area contributed by atoms with E-state index < -0.39 is 0 Å². The highest BCUT2D eigenvalue weighted by atomic mass is 16.1. The molecule has 5 heteroatoms. The molecule has 0 aliphatic carbocycles. The van der Waals surface area contributed by atoms with E-state index in [0.717, 1.165) is 50.4 Å². The average molecular weight is 417 g/mol. The van der Waals surface area contributed by atoms with Crippen molar-refractivity contribution in [3.63, 3.8) is 0 Å². The molecule has 1 fully saturated rings. The van der Waals surface area contributed by atoms with E-state index in [1.165, 1.54) is 16.7 Å². The van der Waals surface area contributed by atoms with E-state index in [1.54, 1.807) is 0 Å². The molecule has 1 saturated heterocycles. The van der Waals surface area contributed by atoms with Crippen LogP contribution in [0.1, 0.15) is 40.9 Å². The fraction of sp³-hybridized carbons (Fsp3) is 0.385. The number of nitrogens with zero attached hydrogens (tertiary/aromatic N) is 3. The summed E-state index contributed by atoms with van der Waals surface area (Å²) in [6.07, 6.45) is 5.86. The van der Waals surface area contributed by atoms with Gasteiger partial charge in [-0.15, -0.1) is 0 Å². The van der Waals surface area contributed by atoms with Crippen molar-refractivity contribution in [1.29, 1.82) is 0 Å². The summed E-state index contributed by atoms with van der Waals surface area (Å²) in [5, 5.41) is 3.17. The van der Waals surface area contributed by atoms with E-state index in [4.69, 9.17) is 0 Å². The van der Waals surface area contributed by atoms with Gasteiger partial charge in [0.25, 0.3) is 0 Å². The van der Waals surface area contributed by atoms with Crippen LogP contribution in [-0.2, 0) is 24.4 Å². The molecule has 162 valence electrons. The van der Waals surface area contributed by atoms with Crippen LogP contribution in [-0.4, -0.2) is 33.4 Å². The fourth-order valence-electron chi connectivity index (χ4n) is 4.42. The summed E-state index contributed by atoms with van der Waals surface area (Å²) in [5.74, 6) is 1.24. The lowest BCUT2D eigenvalue weighted by Crippen LogP contribution is -2.42. The molecule has 1 atom stereocenters. The van der Waals surface area contributed by atoms with Crippen molar-refractivity contribution in [1.82, 2.24) is 19.8 Å². The number of aromatic nitrogens is 2. The van der Waals surface area contributed by atoms with Gasteiger partial charge in [-0.1, -0.05) is 54.1 Å². The molecule has 3 aromatic rings. The largest absolute Gasteiger partial charge is 0.352 e. The minimum atomic E-state index is 0.0651. The second-order valence-electron chi connectivity index (χ2n) is 8.70. The van der Waals surface area contributed by atoms with Crippen molar-refractivity contribution in [2.45, 2.75) is 46.3 Å². The van der Waals surface area contributed by atoms with Crippen LogP contribution >= 0.6 is 0 Å². The molecule has 2 heterocycles. The number of piperidine rings is 1. The molecule has 1 aliphatic rings. The summed E-state index contributed by atoms with van der Waals surface area (Å²) in [5.41, 5.74) is 4.96. The molecular formula is C26H32N4O. The number of hydrogen-bond donors (Lipinski definition) is 1. The predicted octanol–water partition coefficient (Wildman–Crippen LogP) is 4.08. The molecule has 5 nitrogen and oxygen atoms in total. The predicted molar refractivity (Wildman–Crippen MR) is 124 cm³/mol. The Kier molecular flexibility index (Phi) is 6.82. The number of benzene rings is 2. The number of imidazole rings is 1. The Balaban J connectivity index is 1.30. The molecule has 1 N–H and O–H groups in total. The molecule has 1 aromatic heterocycles. The number of rotatable bonds is 7. The van der Waals surface area contributed by atoms with Crippen LogP contribution in [0, 0.1) is 19.8 Å². The first kappa shape index (κ1) is 21.3. The van der Waals surface area contributed by atoms with Gasteiger partial charge in [-0.3, -0.25) is 9.69 Å². The second-order valence-corrected chi connectivity index (χ2v) is 8.70. The third-order valence-corrected chi connectivity index (χ3v) is 6.10. The number of nitrogens with one attached hydrogen (secondary N) is 1. The maximum absolute atomic E-state index is 12.9. The van der Waals surface area contributed by atoms with E-state index in [2.05, 4.69) is 75.2 Å². The van der Waals surface area contributed by atoms with E-state index in [-0.39, 0.29) is 11.8 Å². The Morgan fingerprint density at radius 1 is 1.06 bits per heavy atom. The normalized spacial score (nSPS) is 16.9. The highest BCUT2D eigenvalue weighted by molar-refractivity contribution is 5.79. The van der Waals surface area contributed by atoms with Crippen LogP contribution in [0.25, 0.3) is 0 Å². The number of hydrogen-bond acceptors (Lipinski definition) is 3. The maximum atomic E-state index is 12.9. The maximum Gasteiger partial charge on any atom is 0.224 e. The van der Waals surface area contributed by atoms with Gasteiger partial charge in [0, 0.05) is 38.6 Å². The quantitative estimate of drug-likeness (QED) is 0.631.